The number of ether oxygens (including phenoxy) is 1. The standard InChI is InChI=1S/C18H21FN2O3/c1-3-24-18(23)15-16(20)12-7-13(19)11(8-14(12)21-17(15)22)10-6-4-5-9(10)2/h7-10H,3-6H2,1-2H3,(H3,20,21,22). The Labute approximate surface area is 139 Å². The average Bonchev–Trinajstić information content (AvgIpc) is 2.94. The third-order valence-corrected chi connectivity index (χ3v) is 4.91. The second kappa shape index (κ2) is 6.26. The Hall–Kier alpha value is -2.37. The highest BCUT2D eigenvalue weighted by Gasteiger charge is 2.28. The lowest BCUT2D eigenvalue weighted by atomic mass is 9.89. The van der Waals surface area contributed by atoms with Crippen molar-refractivity contribution in [1.82, 2.24) is 4.98 Å². The number of fused-ring (bicyclic) bond motifs is 1. The fourth-order valence-corrected chi connectivity index (χ4v) is 3.66. The van der Waals surface area contributed by atoms with Crippen molar-refractivity contribution in [3.05, 3.63) is 39.4 Å². The molecule has 0 spiro atoms. The van der Waals surface area contributed by atoms with Crippen molar-refractivity contribution >= 4 is 22.6 Å². The van der Waals surface area contributed by atoms with Gasteiger partial charge in [-0.15, -0.1) is 0 Å². The van der Waals surface area contributed by atoms with Crippen LogP contribution in [0.25, 0.3) is 10.9 Å². The highest BCUT2D eigenvalue weighted by molar-refractivity contribution is 6.04. The summed E-state index contributed by atoms with van der Waals surface area (Å²) in [6.45, 7) is 3.88. The van der Waals surface area contributed by atoms with E-state index in [-0.39, 0.29) is 29.6 Å². The molecule has 1 fully saturated rings. The van der Waals surface area contributed by atoms with E-state index in [0.717, 1.165) is 19.3 Å². The van der Waals surface area contributed by atoms with E-state index in [4.69, 9.17) is 10.5 Å². The summed E-state index contributed by atoms with van der Waals surface area (Å²) in [5.41, 5.74) is 6.08. The summed E-state index contributed by atoms with van der Waals surface area (Å²) in [6, 6.07) is 2.97. The normalized spacial score (nSPS) is 20.5. The van der Waals surface area contributed by atoms with Crippen LogP contribution in [-0.2, 0) is 4.74 Å². The lowest BCUT2D eigenvalue weighted by Gasteiger charge is -2.18. The van der Waals surface area contributed by atoms with Crippen LogP contribution in [0.3, 0.4) is 0 Å². The molecule has 6 heteroatoms. The first kappa shape index (κ1) is 16.5. The summed E-state index contributed by atoms with van der Waals surface area (Å²) in [7, 11) is 0. The first-order valence-corrected chi connectivity index (χ1v) is 8.26. The van der Waals surface area contributed by atoms with Crippen molar-refractivity contribution in [3.63, 3.8) is 0 Å². The SMILES string of the molecule is CCOC(=O)c1c(N)c2cc(F)c(C3CCCC3C)cc2[nH]c1=O. The minimum atomic E-state index is -0.799. The molecule has 0 radical (unpaired) electrons. The number of carbonyl (C=O) groups is 1. The molecule has 3 N–H and O–H groups in total. The van der Waals surface area contributed by atoms with Gasteiger partial charge in [-0.05, 0) is 42.9 Å². The molecule has 24 heavy (non-hydrogen) atoms. The summed E-state index contributed by atoms with van der Waals surface area (Å²) in [5, 5.41) is 0.324. The van der Waals surface area contributed by atoms with E-state index in [2.05, 4.69) is 11.9 Å². The molecule has 0 amide bonds. The molecule has 0 aliphatic heterocycles. The number of nitrogens with two attached hydrogens (primary N) is 1. The van der Waals surface area contributed by atoms with Crippen LogP contribution in [0.5, 0.6) is 0 Å². The quantitative estimate of drug-likeness (QED) is 0.844. The maximum absolute atomic E-state index is 14.6. The first-order chi connectivity index (χ1) is 11.4. The molecule has 5 nitrogen and oxygen atoms in total. The number of nitrogens with one attached hydrogen (secondary N) is 1. The average molecular weight is 332 g/mol. The van der Waals surface area contributed by atoms with Crippen molar-refractivity contribution in [2.75, 3.05) is 12.3 Å². The number of rotatable bonds is 3. The van der Waals surface area contributed by atoms with Crippen molar-refractivity contribution in [2.45, 2.75) is 39.0 Å². The molecule has 1 aromatic heterocycles. The van der Waals surface area contributed by atoms with Crippen LogP contribution in [0.2, 0.25) is 0 Å². The van der Waals surface area contributed by atoms with Crippen LogP contribution in [0.4, 0.5) is 10.1 Å². The number of hydrogen-bond acceptors (Lipinski definition) is 4. The maximum Gasteiger partial charge on any atom is 0.345 e. The molecule has 0 saturated heterocycles. The molecule has 1 aliphatic carbocycles. The minimum absolute atomic E-state index is 0.0443. The zero-order valence-electron chi connectivity index (χ0n) is 13.8. The van der Waals surface area contributed by atoms with E-state index in [9.17, 15) is 14.0 Å². The van der Waals surface area contributed by atoms with E-state index in [1.165, 1.54) is 6.07 Å². The smallest absolute Gasteiger partial charge is 0.345 e. The summed E-state index contributed by atoms with van der Waals surface area (Å²) >= 11 is 0. The predicted molar refractivity (Wildman–Crippen MR) is 90.7 cm³/mol. The molecule has 2 aromatic rings. The zero-order chi connectivity index (χ0) is 17.4. The molecule has 2 unspecified atom stereocenters. The van der Waals surface area contributed by atoms with Gasteiger partial charge in [0.05, 0.1) is 17.8 Å². The number of benzene rings is 1. The van der Waals surface area contributed by atoms with Gasteiger partial charge < -0.3 is 15.5 Å². The van der Waals surface area contributed by atoms with Gasteiger partial charge in [0.1, 0.15) is 11.4 Å². The number of pyridine rings is 1. The molecular formula is C18H21FN2O3. The highest BCUT2D eigenvalue weighted by atomic mass is 19.1. The van der Waals surface area contributed by atoms with E-state index >= 15 is 0 Å². The number of aromatic amines is 1. The van der Waals surface area contributed by atoms with Crippen molar-refractivity contribution in [2.24, 2.45) is 5.92 Å². The van der Waals surface area contributed by atoms with Gasteiger partial charge >= 0.3 is 5.97 Å². The van der Waals surface area contributed by atoms with E-state index in [1.807, 2.05) is 0 Å². The number of H-pyrrole nitrogens is 1. The Morgan fingerprint density at radius 2 is 2.17 bits per heavy atom. The third-order valence-electron chi connectivity index (χ3n) is 4.91. The topological polar surface area (TPSA) is 85.2 Å². The molecule has 1 aliphatic rings. The molecule has 3 rings (SSSR count). The fraction of sp³-hybridized carbons (Fsp3) is 0.444. The molecule has 1 saturated carbocycles. The van der Waals surface area contributed by atoms with Crippen molar-refractivity contribution < 1.29 is 13.9 Å². The number of anilines is 1. The summed E-state index contributed by atoms with van der Waals surface area (Å²) in [5.74, 6) is -0.606. The molecule has 1 heterocycles. The van der Waals surface area contributed by atoms with Gasteiger partial charge in [0.15, 0.2) is 0 Å². The summed E-state index contributed by atoms with van der Waals surface area (Å²) in [4.78, 5) is 26.8. The van der Waals surface area contributed by atoms with Gasteiger partial charge in [0.2, 0.25) is 0 Å². The number of carbonyl (C=O) groups excluding carboxylic acids is 1. The molecule has 2 atom stereocenters. The molecule has 128 valence electrons. The number of halogens is 1. The Bertz CT molecular complexity index is 859. The van der Waals surface area contributed by atoms with E-state index in [0.29, 0.717) is 22.4 Å². The Balaban J connectivity index is 2.17. The highest BCUT2D eigenvalue weighted by Crippen LogP contribution is 2.41. The zero-order valence-corrected chi connectivity index (χ0v) is 13.8. The lowest BCUT2D eigenvalue weighted by molar-refractivity contribution is 0.0526. The summed E-state index contributed by atoms with van der Waals surface area (Å²) < 4.78 is 19.5. The van der Waals surface area contributed by atoms with Gasteiger partial charge in [-0.25, -0.2) is 9.18 Å². The van der Waals surface area contributed by atoms with Crippen LogP contribution in [0.15, 0.2) is 16.9 Å². The van der Waals surface area contributed by atoms with E-state index in [1.54, 1.807) is 13.0 Å². The Kier molecular flexibility index (Phi) is 4.30. The molecular weight excluding hydrogens is 311 g/mol. The number of esters is 1. The van der Waals surface area contributed by atoms with Crippen LogP contribution in [-0.4, -0.2) is 17.6 Å². The Morgan fingerprint density at radius 3 is 2.79 bits per heavy atom. The predicted octanol–water partition coefficient (Wildman–Crippen LogP) is 3.33. The second-order valence-electron chi connectivity index (χ2n) is 6.40. The lowest BCUT2D eigenvalue weighted by Crippen LogP contribution is -2.22. The minimum Gasteiger partial charge on any atom is -0.462 e. The van der Waals surface area contributed by atoms with Gasteiger partial charge in [-0.3, -0.25) is 4.79 Å². The number of nitrogen functional groups attached to an aromatic ring is 1. The second-order valence-corrected chi connectivity index (χ2v) is 6.40. The van der Waals surface area contributed by atoms with Crippen LogP contribution in [0, 0.1) is 11.7 Å². The largest absolute Gasteiger partial charge is 0.462 e. The Morgan fingerprint density at radius 1 is 1.42 bits per heavy atom. The van der Waals surface area contributed by atoms with Crippen molar-refractivity contribution in [1.29, 1.82) is 0 Å². The molecule has 1 aromatic carbocycles. The van der Waals surface area contributed by atoms with Gasteiger partial charge in [0, 0.05) is 5.39 Å². The number of aromatic nitrogens is 1. The van der Waals surface area contributed by atoms with E-state index < -0.39 is 11.5 Å². The van der Waals surface area contributed by atoms with Crippen LogP contribution < -0.4 is 11.3 Å². The fourth-order valence-electron chi connectivity index (χ4n) is 3.66. The molecule has 0 bridgehead atoms. The number of hydrogen-bond donors (Lipinski definition) is 2. The maximum atomic E-state index is 14.6. The third kappa shape index (κ3) is 2.66. The summed E-state index contributed by atoms with van der Waals surface area (Å²) in [6.07, 6.45) is 3.08. The van der Waals surface area contributed by atoms with Crippen LogP contribution >= 0.6 is 0 Å². The first-order valence-electron chi connectivity index (χ1n) is 8.26. The van der Waals surface area contributed by atoms with Crippen molar-refractivity contribution in [3.8, 4) is 0 Å². The van der Waals surface area contributed by atoms with Gasteiger partial charge in [-0.2, -0.15) is 0 Å². The van der Waals surface area contributed by atoms with Gasteiger partial charge in [-0.1, -0.05) is 19.8 Å². The monoisotopic (exact) mass is 332 g/mol. The van der Waals surface area contributed by atoms with Gasteiger partial charge in [0.25, 0.3) is 5.56 Å². The van der Waals surface area contributed by atoms with Crippen LogP contribution in [0.1, 0.15) is 54.9 Å².